The van der Waals surface area contributed by atoms with Crippen LogP contribution in [-0.2, 0) is 0 Å². The molecule has 1 fully saturated rings. The van der Waals surface area contributed by atoms with Gasteiger partial charge in [-0.15, -0.1) is 0 Å². The third-order valence-corrected chi connectivity index (χ3v) is 3.79. The predicted molar refractivity (Wildman–Crippen MR) is 72.6 cm³/mol. The average Bonchev–Trinajstić information content (AvgIpc) is 2.79. The fraction of sp³-hybridized carbons (Fsp3) is 0.833. The Morgan fingerprint density at radius 3 is 3.00 bits per heavy atom. The molecule has 5 heteroatoms. The van der Waals surface area contributed by atoms with E-state index in [1.807, 2.05) is 0 Å². The van der Waals surface area contributed by atoms with E-state index in [1.54, 1.807) is 6.33 Å². The van der Waals surface area contributed by atoms with Crippen LogP contribution in [0.4, 0.5) is 5.13 Å². The lowest BCUT2D eigenvalue weighted by atomic mass is 9.97. The Balaban J connectivity index is 1.85. The van der Waals surface area contributed by atoms with Gasteiger partial charge in [-0.25, -0.2) is 4.98 Å². The summed E-state index contributed by atoms with van der Waals surface area (Å²) < 4.78 is 4.08. The van der Waals surface area contributed by atoms with E-state index in [0.29, 0.717) is 0 Å². The molecule has 1 aliphatic heterocycles. The third-order valence-electron chi connectivity index (χ3n) is 3.06. The SMILES string of the molecule is CC(C)(C)NCC1CCCN(c2ncns2)C1. The maximum absolute atomic E-state index is 4.30. The van der Waals surface area contributed by atoms with Gasteiger partial charge in [0.15, 0.2) is 0 Å². The number of anilines is 1. The molecule has 0 aromatic carbocycles. The summed E-state index contributed by atoms with van der Waals surface area (Å²) >= 11 is 1.50. The fourth-order valence-electron chi connectivity index (χ4n) is 2.16. The molecule has 1 unspecified atom stereocenters. The first-order valence-corrected chi connectivity index (χ1v) is 7.08. The number of piperidine rings is 1. The summed E-state index contributed by atoms with van der Waals surface area (Å²) in [7, 11) is 0. The molecule has 1 aromatic heterocycles. The molecular formula is C12H22N4S. The van der Waals surface area contributed by atoms with Gasteiger partial charge in [-0.3, -0.25) is 0 Å². The van der Waals surface area contributed by atoms with Crippen LogP contribution in [0.15, 0.2) is 6.33 Å². The van der Waals surface area contributed by atoms with Crippen LogP contribution in [0.1, 0.15) is 33.6 Å². The summed E-state index contributed by atoms with van der Waals surface area (Å²) in [4.78, 5) is 6.67. The Morgan fingerprint density at radius 1 is 1.53 bits per heavy atom. The normalized spacial score (nSPS) is 21.8. The zero-order valence-electron chi connectivity index (χ0n) is 10.9. The highest BCUT2D eigenvalue weighted by molar-refractivity contribution is 7.09. The number of hydrogen-bond donors (Lipinski definition) is 1. The molecule has 0 radical (unpaired) electrons. The molecule has 2 heterocycles. The molecule has 2 rings (SSSR count). The van der Waals surface area contributed by atoms with E-state index in [-0.39, 0.29) is 5.54 Å². The molecule has 1 N–H and O–H groups in total. The van der Waals surface area contributed by atoms with Gasteiger partial charge in [-0.05, 0) is 39.5 Å². The maximum atomic E-state index is 4.30. The van der Waals surface area contributed by atoms with Crippen LogP contribution in [0.5, 0.6) is 0 Å². The van der Waals surface area contributed by atoms with Gasteiger partial charge < -0.3 is 10.2 Å². The van der Waals surface area contributed by atoms with Crippen LogP contribution in [0.2, 0.25) is 0 Å². The summed E-state index contributed by atoms with van der Waals surface area (Å²) in [6, 6.07) is 0. The number of nitrogens with one attached hydrogen (secondary N) is 1. The summed E-state index contributed by atoms with van der Waals surface area (Å²) in [5, 5.41) is 4.67. The van der Waals surface area contributed by atoms with Crippen molar-refractivity contribution in [3.8, 4) is 0 Å². The zero-order chi connectivity index (χ0) is 12.3. The molecule has 1 aromatic rings. The van der Waals surface area contributed by atoms with Crippen molar-refractivity contribution in [1.82, 2.24) is 14.7 Å². The second-order valence-corrected chi connectivity index (χ2v) is 6.57. The second kappa shape index (κ2) is 5.31. The van der Waals surface area contributed by atoms with Crippen molar-refractivity contribution in [1.29, 1.82) is 0 Å². The van der Waals surface area contributed by atoms with Gasteiger partial charge in [0, 0.05) is 36.7 Å². The van der Waals surface area contributed by atoms with E-state index < -0.39 is 0 Å². The van der Waals surface area contributed by atoms with Gasteiger partial charge in [0.1, 0.15) is 6.33 Å². The van der Waals surface area contributed by atoms with Crippen LogP contribution in [0, 0.1) is 5.92 Å². The first-order valence-electron chi connectivity index (χ1n) is 6.31. The van der Waals surface area contributed by atoms with Crippen molar-refractivity contribution in [3.05, 3.63) is 6.33 Å². The molecule has 0 saturated carbocycles. The van der Waals surface area contributed by atoms with Crippen LogP contribution < -0.4 is 10.2 Å². The average molecular weight is 254 g/mol. The minimum absolute atomic E-state index is 0.213. The van der Waals surface area contributed by atoms with E-state index in [0.717, 1.165) is 30.7 Å². The molecule has 96 valence electrons. The highest BCUT2D eigenvalue weighted by atomic mass is 32.1. The molecule has 1 saturated heterocycles. The van der Waals surface area contributed by atoms with E-state index in [4.69, 9.17) is 0 Å². The van der Waals surface area contributed by atoms with E-state index >= 15 is 0 Å². The van der Waals surface area contributed by atoms with Crippen LogP contribution >= 0.6 is 11.5 Å². The van der Waals surface area contributed by atoms with Gasteiger partial charge in [0.25, 0.3) is 0 Å². The van der Waals surface area contributed by atoms with E-state index in [9.17, 15) is 0 Å². The summed E-state index contributed by atoms with van der Waals surface area (Å²) in [5.74, 6) is 0.729. The molecule has 0 amide bonds. The number of nitrogens with zero attached hydrogens (tertiary/aromatic N) is 3. The smallest absolute Gasteiger partial charge is 0.204 e. The van der Waals surface area contributed by atoms with Crippen LogP contribution in [-0.4, -0.2) is 34.5 Å². The standard InChI is InChI=1S/C12H22N4S/c1-12(2,3)14-7-10-5-4-6-16(8-10)11-13-9-15-17-11/h9-10,14H,4-8H2,1-3H3. The maximum Gasteiger partial charge on any atom is 0.204 e. The lowest BCUT2D eigenvalue weighted by Gasteiger charge is -2.34. The predicted octanol–water partition coefficient (Wildman–Crippen LogP) is 2.14. The Bertz CT molecular complexity index is 331. The van der Waals surface area contributed by atoms with Gasteiger partial charge >= 0.3 is 0 Å². The number of rotatable bonds is 3. The minimum Gasteiger partial charge on any atom is -0.347 e. The van der Waals surface area contributed by atoms with Crippen molar-refractivity contribution < 1.29 is 0 Å². The Morgan fingerprint density at radius 2 is 2.35 bits per heavy atom. The first kappa shape index (κ1) is 12.8. The van der Waals surface area contributed by atoms with Gasteiger partial charge in [-0.1, -0.05) is 0 Å². The number of hydrogen-bond acceptors (Lipinski definition) is 5. The molecule has 0 bridgehead atoms. The topological polar surface area (TPSA) is 41.0 Å². The van der Waals surface area contributed by atoms with Crippen molar-refractivity contribution >= 4 is 16.7 Å². The highest BCUT2D eigenvalue weighted by Crippen LogP contribution is 2.23. The quantitative estimate of drug-likeness (QED) is 0.897. The Hall–Kier alpha value is -0.680. The Kier molecular flexibility index (Phi) is 3.99. The van der Waals surface area contributed by atoms with E-state index in [2.05, 4.69) is 40.3 Å². The van der Waals surface area contributed by atoms with Crippen LogP contribution in [0.25, 0.3) is 0 Å². The van der Waals surface area contributed by atoms with Gasteiger partial charge in [0.05, 0.1) is 0 Å². The Labute approximate surface area is 108 Å². The monoisotopic (exact) mass is 254 g/mol. The van der Waals surface area contributed by atoms with Crippen molar-refractivity contribution in [2.45, 2.75) is 39.2 Å². The molecule has 1 atom stereocenters. The van der Waals surface area contributed by atoms with Crippen LogP contribution in [0.3, 0.4) is 0 Å². The minimum atomic E-state index is 0.213. The fourth-order valence-corrected chi connectivity index (χ4v) is 2.73. The second-order valence-electron chi connectivity index (χ2n) is 5.81. The first-order chi connectivity index (χ1) is 8.04. The molecule has 0 aliphatic carbocycles. The van der Waals surface area contributed by atoms with Crippen molar-refractivity contribution in [2.75, 3.05) is 24.5 Å². The molecule has 4 nitrogen and oxygen atoms in total. The molecular weight excluding hydrogens is 232 g/mol. The van der Waals surface area contributed by atoms with Gasteiger partial charge in [0.2, 0.25) is 5.13 Å². The lowest BCUT2D eigenvalue weighted by Crippen LogP contribution is -2.44. The molecule has 1 aliphatic rings. The van der Waals surface area contributed by atoms with E-state index in [1.165, 1.54) is 24.4 Å². The molecule has 0 spiro atoms. The van der Waals surface area contributed by atoms with Crippen molar-refractivity contribution in [3.63, 3.8) is 0 Å². The largest absolute Gasteiger partial charge is 0.347 e. The summed E-state index contributed by atoms with van der Waals surface area (Å²) in [6.07, 6.45) is 4.23. The third kappa shape index (κ3) is 3.92. The highest BCUT2D eigenvalue weighted by Gasteiger charge is 2.22. The van der Waals surface area contributed by atoms with Crippen molar-refractivity contribution in [2.24, 2.45) is 5.92 Å². The lowest BCUT2D eigenvalue weighted by molar-refractivity contribution is 0.335. The summed E-state index contributed by atoms with van der Waals surface area (Å²) in [6.45, 7) is 9.99. The summed E-state index contributed by atoms with van der Waals surface area (Å²) in [5.41, 5.74) is 0.213. The zero-order valence-corrected chi connectivity index (χ0v) is 11.8. The van der Waals surface area contributed by atoms with Gasteiger partial charge in [-0.2, -0.15) is 4.37 Å². The number of aromatic nitrogens is 2. The molecule has 17 heavy (non-hydrogen) atoms.